The summed E-state index contributed by atoms with van der Waals surface area (Å²) >= 11 is 1.36. The molecule has 8 nitrogen and oxygen atoms in total. The predicted octanol–water partition coefficient (Wildman–Crippen LogP) is 3.86. The van der Waals surface area contributed by atoms with Crippen LogP contribution in [0.25, 0.3) is 15.9 Å². The number of urea groups is 1. The molecule has 9 heteroatoms. The van der Waals surface area contributed by atoms with Gasteiger partial charge in [-0.3, -0.25) is 14.3 Å². The van der Waals surface area contributed by atoms with Crippen molar-refractivity contribution >= 4 is 32.6 Å². The van der Waals surface area contributed by atoms with Gasteiger partial charge in [0, 0.05) is 25.2 Å². The molecule has 6 heterocycles. The van der Waals surface area contributed by atoms with Crippen molar-refractivity contribution in [2.45, 2.75) is 62.8 Å². The Labute approximate surface area is 207 Å². The highest BCUT2D eigenvalue weighted by Crippen LogP contribution is 2.37. The second-order valence-corrected chi connectivity index (χ2v) is 11.4. The smallest absolute Gasteiger partial charge is 0.325 e. The van der Waals surface area contributed by atoms with Crippen LogP contribution in [-0.2, 0) is 0 Å². The summed E-state index contributed by atoms with van der Waals surface area (Å²) in [6.07, 6.45) is 8.66. The van der Waals surface area contributed by atoms with E-state index in [0.29, 0.717) is 34.9 Å². The minimum absolute atomic E-state index is 0.0487. The van der Waals surface area contributed by atoms with Gasteiger partial charge in [0.05, 0.1) is 17.2 Å². The molecule has 1 aromatic carbocycles. The first-order valence-electron chi connectivity index (χ1n) is 12.6. The molecule has 1 unspecified atom stereocenters. The van der Waals surface area contributed by atoms with E-state index in [1.807, 2.05) is 35.2 Å². The lowest BCUT2D eigenvalue weighted by Gasteiger charge is -2.36. The topological polar surface area (TPSA) is 70.9 Å². The van der Waals surface area contributed by atoms with E-state index in [1.54, 1.807) is 15.8 Å². The van der Waals surface area contributed by atoms with Crippen molar-refractivity contribution in [3.8, 4) is 11.4 Å². The molecule has 0 aliphatic carbocycles. The summed E-state index contributed by atoms with van der Waals surface area (Å²) in [5, 5.41) is 0.803. The van der Waals surface area contributed by atoms with Gasteiger partial charge in [-0.05, 0) is 75.9 Å². The number of nitrogens with zero attached hydrogens (tertiary/aromatic N) is 5. The zero-order valence-corrected chi connectivity index (χ0v) is 20.6. The molecule has 2 aromatic heterocycles. The molecule has 4 saturated heterocycles. The second-order valence-electron chi connectivity index (χ2n) is 10.4. The highest BCUT2D eigenvalue weighted by molar-refractivity contribution is 7.22. The fourth-order valence-electron chi connectivity index (χ4n) is 6.46. The first-order chi connectivity index (χ1) is 17.0. The van der Waals surface area contributed by atoms with Gasteiger partial charge in [-0.1, -0.05) is 0 Å². The normalized spacial score (nSPS) is 28.3. The molecular formula is C26H29N5O3S. The number of rotatable bonds is 4. The lowest BCUT2D eigenvalue weighted by molar-refractivity contribution is 0.0662. The highest BCUT2D eigenvalue weighted by Gasteiger charge is 2.41. The van der Waals surface area contributed by atoms with Gasteiger partial charge in [0.2, 0.25) is 0 Å². The highest BCUT2D eigenvalue weighted by atomic mass is 32.1. The largest absolute Gasteiger partial charge is 0.490 e. The summed E-state index contributed by atoms with van der Waals surface area (Å²) in [6.45, 7) is 1.52. The van der Waals surface area contributed by atoms with Crippen LogP contribution in [0.1, 0.15) is 38.5 Å². The summed E-state index contributed by atoms with van der Waals surface area (Å²) in [5.74, 6) is 0.844. The fourth-order valence-corrected chi connectivity index (χ4v) is 7.50. The average Bonchev–Trinajstić information content (AvgIpc) is 3.60. The molecule has 2 amide bonds. The Hall–Kier alpha value is -2.91. The van der Waals surface area contributed by atoms with E-state index in [4.69, 9.17) is 4.74 Å². The maximum absolute atomic E-state index is 13.3. The molecule has 35 heavy (non-hydrogen) atoms. The Morgan fingerprint density at radius 2 is 1.80 bits per heavy atom. The molecular weight excluding hydrogens is 462 g/mol. The first-order valence-corrected chi connectivity index (χ1v) is 13.4. The molecule has 0 saturated carbocycles. The van der Waals surface area contributed by atoms with Crippen molar-refractivity contribution in [3.05, 3.63) is 47.0 Å². The minimum Gasteiger partial charge on any atom is -0.490 e. The van der Waals surface area contributed by atoms with Gasteiger partial charge in [0.25, 0.3) is 5.56 Å². The van der Waals surface area contributed by atoms with Crippen LogP contribution in [-0.4, -0.2) is 69.7 Å². The van der Waals surface area contributed by atoms with Gasteiger partial charge < -0.3 is 14.5 Å². The lowest BCUT2D eigenvalue weighted by atomic mass is 10.0. The Bertz CT molecular complexity index is 1340. The molecule has 0 radical (unpaired) electrons. The van der Waals surface area contributed by atoms with E-state index < -0.39 is 0 Å². The number of hydrogen-bond donors (Lipinski definition) is 0. The van der Waals surface area contributed by atoms with Crippen LogP contribution in [0.4, 0.5) is 9.80 Å². The molecule has 3 aromatic rings. The average molecular weight is 492 g/mol. The molecule has 4 fully saturated rings. The monoisotopic (exact) mass is 491 g/mol. The molecule has 0 N–H and O–H groups in total. The quantitative estimate of drug-likeness (QED) is 0.554. The van der Waals surface area contributed by atoms with Crippen molar-refractivity contribution in [2.75, 3.05) is 25.0 Å². The summed E-state index contributed by atoms with van der Waals surface area (Å²) in [4.78, 5) is 37.0. The Kier molecular flexibility index (Phi) is 4.92. The maximum Gasteiger partial charge on any atom is 0.325 e. The zero-order chi connectivity index (χ0) is 23.7. The third-order valence-electron chi connectivity index (χ3n) is 8.41. The van der Waals surface area contributed by atoms with Gasteiger partial charge in [0.15, 0.2) is 0 Å². The van der Waals surface area contributed by atoms with Crippen LogP contribution in [0.5, 0.6) is 5.75 Å². The maximum atomic E-state index is 13.3. The summed E-state index contributed by atoms with van der Waals surface area (Å²) in [5.41, 5.74) is 1.29. The van der Waals surface area contributed by atoms with Gasteiger partial charge in [-0.15, -0.1) is 11.3 Å². The number of amides is 2. The Morgan fingerprint density at radius 1 is 1.03 bits per heavy atom. The fraction of sp³-hybridized carbons (Fsp3) is 0.500. The van der Waals surface area contributed by atoms with Gasteiger partial charge in [0.1, 0.15) is 27.9 Å². The van der Waals surface area contributed by atoms with E-state index in [0.717, 1.165) is 48.7 Å². The SMILES string of the molecule is CN1[C@@H]2CC[C@H]1C[C@@H](Oc1ccc(-n3cnc4cc(N5CC6CCCN6C5=O)sc4c3=O)cc1)C2. The van der Waals surface area contributed by atoms with Gasteiger partial charge in [-0.2, -0.15) is 0 Å². The number of carbonyl (C=O) groups excluding carboxylic acids is 1. The standard InChI is InChI=1S/C26H29N5O3S/c1-28-17-4-5-18(28)12-21(11-17)34-20-8-6-16(7-9-20)31-15-27-22-13-23(35-24(22)25(31)32)30-14-19-3-2-10-29(19)26(30)33/h6-9,13,15,17-19,21H,2-5,10-12,14H2,1H3/t17-,18+,19?,21+. The van der Waals surface area contributed by atoms with E-state index in [1.165, 1.54) is 24.2 Å². The lowest BCUT2D eigenvalue weighted by Crippen LogP contribution is -2.43. The molecule has 4 aliphatic rings. The van der Waals surface area contributed by atoms with Crippen molar-refractivity contribution in [2.24, 2.45) is 0 Å². The zero-order valence-electron chi connectivity index (χ0n) is 19.8. The summed E-state index contributed by atoms with van der Waals surface area (Å²) in [7, 11) is 2.23. The number of hydrogen-bond acceptors (Lipinski definition) is 6. The number of carbonyl (C=O) groups is 1. The van der Waals surface area contributed by atoms with E-state index in [2.05, 4.69) is 16.9 Å². The van der Waals surface area contributed by atoms with Crippen molar-refractivity contribution in [3.63, 3.8) is 0 Å². The van der Waals surface area contributed by atoms with E-state index >= 15 is 0 Å². The number of benzene rings is 1. The molecule has 2 bridgehead atoms. The molecule has 182 valence electrons. The third-order valence-corrected chi connectivity index (χ3v) is 9.55. The molecule has 4 atom stereocenters. The van der Waals surface area contributed by atoms with Crippen LogP contribution in [0.15, 0.2) is 41.5 Å². The van der Waals surface area contributed by atoms with Crippen molar-refractivity contribution in [1.82, 2.24) is 19.4 Å². The number of thiophene rings is 1. The number of anilines is 1. The van der Waals surface area contributed by atoms with Crippen LogP contribution in [0, 0.1) is 0 Å². The van der Waals surface area contributed by atoms with E-state index in [9.17, 15) is 9.59 Å². The number of fused-ring (bicyclic) bond motifs is 4. The van der Waals surface area contributed by atoms with Gasteiger partial charge in [-0.25, -0.2) is 9.78 Å². The van der Waals surface area contributed by atoms with Crippen LogP contribution in [0.3, 0.4) is 0 Å². The number of piperidine rings is 1. The third kappa shape index (κ3) is 3.47. The predicted molar refractivity (Wildman–Crippen MR) is 136 cm³/mol. The van der Waals surface area contributed by atoms with Crippen molar-refractivity contribution < 1.29 is 9.53 Å². The van der Waals surface area contributed by atoms with E-state index in [-0.39, 0.29) is 17.7 Å². The number of ether oxygens (including phenoxy) is 1. The Balaban J connectivity index is 1.11. The van der Waals surface area contributed by atoms with Crippen LogP contribution < -0.4 is 15.2 Å². The summed E-state index contributed by atoms with van der Waals surface area (Å²) < 4.78 is 8.46. The van der Waals surface area contributed by atoms with Gasteiger partial charge >= 0.3 is 6.03 Å². The summed E-state index contributed by atoms with van der Waals surface area (Å²) in [6, 6.07) is 11.2. The molecule has 7 rings (SSSR count). The number of aromatic nitrogens is 2. The second kappa shape index (κ2) is 8.06. The molecule has 0 spiro atoms. The molecule has 4 aliphatic heterocycles. The van der Waals surface area contributed by atoms with Crippen LogP contribution >= 0.6 is 11.3 Å². The minimum atomic E-state index is -0.112. The Morgan fingerprint density at radius 3 is 2.54 bits per heavy atom. The van der Waals surface area contributed by atoms with Crippen molar-refractivity contribution in [1.29, 1.82) is 0 Å². The van der Waals surface area contributed by atoms with Crippen LogP contribution in [0.2, 0.25) is 0 Å². The first kappa shape index (κ1) is 21.4.